The highest BCUT2D eigenvalue weighted by Crippen LogP contribution is 2.27. The van der Waals surface area contributed by atoms with Crippen molar-refractivity contribution in [1.29, 1.82) is 0 Å². The van der Waals surface area contributed by atoms with Crippen LogP contribution in [0.4, 0.5) is 11.4 Å². The lowest BCUT2D eigenvalue weighted by molar-refractivity contribution is -0.114. The van der Waals surface area contributed by atoms with Gasteiger partial charge in [0.15, 0.2) is 0 Å². The summed E-state index contributed by atoms with van der Waals surface area (Å²) >= 11 is 3.09. The van der Waals surface area contributed by atoms with Crippen LogP contribution in [0.3, 0.4) is 0 Å². The predicted octanol–water partition coefficient (Wildman–Crippen LogP) is 2.85. The molecular formula is C14H14BrN3O3S. The van der Waals surface area contributed by atoms with Crippen molar-refractivity contribution in [2.75, 3.05) is 8.65 Å². The highest BCUT2D eigenvalue weighted by molar-refractivity contribution is 9.11. The Kier molecular flexibility index (Phi) is 4.82. The number of anilines is 2. The number of carbonyl (C=O) groups is 1. The van der Waals surface area contributed by atoms with Crippen LogP contribution in [0.2, 0.25) is 0 Å². The second-order valence-electron chi connectivity index (χ2n) is 4.58. The Morgan fingerprint density at radius 1 is 1.23 bits per heavy atom. The Hall–Kier alpha value is -1.93. The molecule has 0 saturated carbocycles. The number of aryl methyl sites for hydroxylation is 1. The average Bonchev–Trinajstić information content (AvgIpc) is 2.46. The lowest BCUT2D eigenvalue weighted by Gasteiger charge is -2.17. The number of carbonyl (C=O) groups excluding carboxylic acids is 1. The highest BCUT2D eigenvalue weighted by atomic mass is 79.9. The van der Waals surface area contributed by atoms with E-state index in [1.165, 1.54) is 37.4 Å². The molecule has 1 aromatic heterocycles. The van der Waals surface area contributed by atoms with Gasteiger partial charge < -0.3 is 5.32 Å². The molecule has 22 heavy (non-hydrogen) atoms. The Balaban J connectivity index is 2.31. The van der Waals surface area contributed by atoms with Crippen molar-refractivity contribution in [3.63, 3.8) is 0 Å². The van der Waals surface area contributed by atoms with Crippen molar-refractivity contribution in [2.45, 2.75) is 18.7 Å². The van der Waals surface area contributed by atoms with E-state index in [1.54, 1.807) is 19.1 Å². The Labute approximate surface area is 137 Å². The summed E-state index contributed by atoms with van der Waals surface area (Å²) < 4.78 is 26.1. The first-order valence-corrected chi connectivity index (χ1v) is 8.47. The van der Waals surface area contributed by atoms with Gasteiger partial charge in [-0.3, -0.25) is 9.78 Å². The van der Waals surface area contributed by atoms with Crippen LogP contribution >= 0.6 is 16.1 Å². The Bertz CT molecular complexity index is 791. The molecule has 2 rings (SSSR count). The third-order valence-corrected chi connectivity index (χ3v) is 5.82. The summed E-state index contributed by atoms with van der Waals surface area (Å²) in [5.74, 6) is -0.218. The van der Waals surface area contributed by atoms with E-state index in [0.29, 0.717) is 17.1 Å². The van der Waals surface area contributed by atoms with Gasteiger partial charge in [0, 0.05) is 24.5 Å². The molecule has 1 amide bonds. The zero-order valence-corrected chi connectivity index (χ0v) is 14.3. The molecule has 0 saturated heterocycles. The lowest BCUT2D eigenvalue weighted by Crippen LogP contribution is -2.21. The molecule has 0 atom stereocenters. The highest BCUT2D eigenvalue weighted by Gasteiger charge is 2.23. The predicted molar refractivity (Wildman–Crippen MR) is 88.3 cm³/mol. The minimum atomic E-state index is -3.74. The van der Waals surface area contributed by atoms with Crippen LogP contribution in [-0.4, -0.2) is 19.3 Å². The first-order chi connectivity index (χ1) is 10.3. The van der Waals surface area contributed by atoms with Gasteiger partial charge in [0.05, 0.1) is 26.7 Å². The van der Waals surface area contributed by atoms with E-state index in [9.17, 15) is 13.2 Å². The van der Waals surface area contributed by atoms with Crippen LogP contribution in [0.25, 0.3) is 0 Å². The molecule has 2 aromatic rings. The van der Waals surface area contributed by atoms with Crippen LogP contribution in [0.5, 0.6) is 0 Å². The first-order valence-electron chi connectivity index (χ1n) is 6.32. The van der Waals surface area contributed by atoms with Gasteiger partial charge in [0.1, 0.15) is 0 Å². The number of hydrogen-bond acceptors (Lipinski definition) is 4. The summed E-state index contributed by atoms with van der Waals surface area (Å²) in [5, 5.41) is 2.58. The largest absolute Gasteiger partial charge is 0.326 e. The molecule has 0 spiro atoms. The van der Waals surface area contributed by atoms with Gasteiger partial charge in [-0.2, -0.15) is 3.33 Å². The van der Waals surface area contributed by atoms with Crippen LogP contribution in [-0.2, 0) is 14.8 Å². The maximum absolute atomic E-state index is 12.5. The lowest BCUT2D eigenvalue weighted by atomic mass is 10.3. The van der Waals surface area contributed by atoms with E-state index >= 15 is 0 Å². The molecule has 8 heteroatoms. The normalized spacial score (nSPS) is 11.0. The summed E-state index contributed by atoms with van der Waals surface area (Å²) in [5.41, 5.74) is 1.70. The quantitative estimate of drug-likeness (QED) is 0.823. The number of amides is 1. The first kappa shape index (κ1) is 16.4. The van der Waals surface area contributed by atoms with E-state index in [1.807, 2.05) is 0 Å². The number of aromatic nitrogens is 1. The number of pyridine rings is 1. The molecule has 116 valence electrons. The van der Waals surface area contributed by atoms with Crippen molar-refractivity contribution in [1.82, 2.24) is 4.98 Å². The number of sulfonamides is 1. The molecule has 0 aliphatic heterocycles. The van der Waals surface area contributed by atoms with Gasteiger partial charge in [-0.25, -0.2) is 8.42 Å². The van der Waals surface area contributed by atoms with E-state index < -0.39 is 10.0 Å². The second kappa shape index (κ2) is 6.45. The molecule has 1 aromatic carbocycles. The van der Waals surface area contributed by atoms with Gasteiger partial charge in [0.2, 0.25) is 5.91 Å². The number of nitrogens with zero attached hydrogens (tertiary/aromatic N) is 2. The van der Waals surface area contributed by atoms with Crippen molar-refractivity contribution in [3.05, 3.63) is 48.3 Å². The SMILES string of the molecule is CC(=O)Nc1ccc(S(=O)(=O)N(Br)c2ccnc(C)c2)cc1. The molecule has 1 N–H and O–H groups in total. The zero-order valence-electron chi connectivity index (χ0n) is 11.9. The maximum Gasteiger partial charge on any atom is 0.273 e. The van der Waals surface area contributed by atoms with Crippen LogP contribution in [0.1, 0.15) is 12.6 Å². The van der Waals surface area contributed by atoms with Gasteiger partial charge in [0.25, 0.3) is 10.0 Å². The molecule has 0 fully saturated rings. The van der Waals surface area contributed by atoms with Gasteiger partial charge >= 0.3 is 0 Å². The summed E-state index contributed by atoms with van der Waals surface area (Å²) in [4.78, 5) is 15.1. The minimum Gasteiger partial charge on any atom is -0.326 e. The third-order valence-electron chi connectivity index (χ3n) is 2.77. The molecule has 0 aliphatic rings. The molecular weight excluding hydrogens is 370 g/mol. The zero-order chi connectivity index (χ0) is 16.3. The fourth-order valence-corrected chi connectivity index (χ4v) is 3.56. The minimum absolute atomic E-state index is 0.105. The van der Waals surface area contributed by atoms with E-state index in [4.69, 9.17) is 0 Å². The maximum atomic E-state index is 12.5. The molecule has 0 aliphatic carbocycles. The van der Waals surface area contributed by atoms with Crippen LogP contribution < -0.4 is 8.65 Å². The molecule has 0 radical (unpaired) electrons. The number of nitrogens with one attached hydrogen (secondary N) is 1. The fourth-order valence-electron chi connectivity index (χ4n) is 1.78. The van der Waals surface area contributed by atoms with Crippen LogP contribution in [0.15, 0.2) is 47.5 Å². The number of benzene rings is 1. The second-order valence-corrected chi connectivity index (χ2v) is 7.55. The molecule has 6 nitrogen and oxygen atoms in total. The summed E-state index contributed by atoms with van der Waals surface area (Å²) in [6.07, 6.45) is 1.54. The smallest absolute Gasteiger partial charge is 0.273 e. The monoisotopic (exact) mass is 383 g/mol. The fraction of sp³-hybridized carbons (Fsp3) is 0.143. The Morgan fingerprint density at radius 2 is 1.86 bits per heavy atom. The molecule has 1 heterocycles. The topological polar surface area (TPSA) is 79.4 Å². The van der Waals surface area contributed by atoms with Crippen LogP contribution in [0, 0.1) is 6.92 Å². The number of halogens is 1. The van der Waals surface area contributed by atoms with E-state index in [0.717, 1.165) is 3.33 Å². The molecule has 0 bridgehead atoms. The third kappa shape index (κ3) is 3.63. The average molecular weight is 384 g/mol. The summed E-state index contributed by atoms with van der Waals surface area (Å²) in [6.45, 7) is 3.16. The van der Waals surface area contributed by atoms with Crippen molar-refractivity contribution < 1.29 is 13.2 Å². The Morgan fingerprint density at radius 3 is 2.41 bits per heavy atom. The van der Waals surface area contributed by atoms with Crippen molar-refractivity contribution in [3.8, 4) is 0 Å². The summed E-state index contributed by atoms with van der Waals surface area (Å²) in [6, 6.07) is 9.18. The summed E-state index contributed by atoms with van der Waals surface area (Å²) in [7, 11) is -3.74. The van der Waals surface area contributed by atoms with Gasteiger partial charge in [-0.05, 0) is 43.3 Å². The van der Waals surface area contributed by atoms with Gasteiger partial charge in [-0.15, -0.1) is 0 Å². The standard InChI is InChI=1S/C14H14BrN3O3S/c1-10-9-13(7-8-16-10)18(15)22(20,21)14-5-3-12(4-6-14)17-11(2)19/h3-9H,1-2H3,(H,17,19). The number of rotatable bonds is 4. The number of hydrogen-bond donors (Lipinski definition) is 1. The van der Waals surface area contributed by atoms with Crippen molar-refractivity contribution in [2.24, 2.45) is 0 Å². The molecule has 0 unspecified atom stereocenters. The van der Waals surface area contributed by atoms with Gasteiger partial charge in [-0.1, -0.05) is 0 Å². The van der Waals surface area contributed by atoms with E-state index in [2.05, 4.69) is 26.4 Å². The van der Waals surface area contributed by atoms with E-state index in [-0.39, 0.29) is 10.8 Å². The van der Waals surface area contributed by atoms with Crippen molar-refractivity contribution >= 4 is 43.5 Å².